The van der Waals surface area contributed by atoms with Crippen LogP contribution in [0.25, 0.3) is 0 Å². The van der Waals surface area contributed by atoms with E-state index < -0.39 is 24.1 Å². The summed E-state index contributed by atoms with van der Waals surface area (Å²) < 4.78 is 5.36. The summed E-state index contributed by atoms with van der Waals surface area (Å²) in [4.78, 5) is 35.3. The third kappa shape index (κ3) is 24.3. The van der Waals surface area contributed by atoms with Gasteiger partial charge in [-0.3, -0.25) is 9.59 Å². The van der Waals surface area contributed by atoms with Crippen molar-refractivity contribution in [3.63, 3.8) is 0 Å². The molecule has 0 heterocycles. The fourth-order valence-electron chi connectivity index (χ4n) is 4.13. The van der Waals surface area contributed by atoms with Gasteiger partial charge in [0.2, 0.25) is 0 Å². The summed E-state index contributed by atoms with van der Waals surface area (Å²) in [5, 5.41) is 10.5. The van der Waals surface area contributed by atoms with Crippen molar-refractivity contribution in [3.05, 3.63) is 0 Å². The summed E-state index contributed by atoms with van der Waals surface area (Å²) in [6, 6.07) is -1.04. The summed E-state index contributed by atoms with van der Waals surface area (Å²) in [7, 11) is 0. The van der Waals surface area contributed by atoms with Crippen LogP contribution in [-0.2, 0) is 19.1 Å². The molecule has 200 valence electrons. The molecule has 0 aromatic rings. The van der Waals surface area contributed by atoms with E-state index >= 15 is 0 Å². The molecule has 0 fully saturated rings. The number of aliphatic carboxylic acids is 1. The van der Waals surface area contributed by atoms with Gasteiger partial charge >= 0.3 is 57.4 Å². The molecule has 0 bridgehead atoms. The summed E-state index contributed by atoms with van der Waals surface area (Å²) in [6.07, 6.45) is 20.6. The number of carboxylic acids is 1. The van der Waals surface area contributed by atoms with Crippen molar-refractivity contribution in [1.29, 1.82) is 0 Å². The molecule has 6 nitrogen and oxygen atoms in total. The Kier molecular flexibility index (Phi) is 29.1. The Morgan fingerprint density at radius 2 is 1.09 bits per heavy atom. The van der Waals surface area contributed by atoms with Crippen molar-refractivity contribution in [1.82, 2.24) is 0 Å². The molecular formula is C28H52KNO5. The second-order valence-electron chi connectivity index (χ2n) is 9.75. The van der Waals surface area contributed by atoms with Gasteiger partial charge in [0.15, 0.2) is 11.9 Å². The van der Waals surface area contributed by atoms with Crippen molar-refractivity contribution in [3.8, 4) is 0 Å². The van der Waals surface area contributed by atoms with Gasteiger partial charge in [-0.1, -0.05) is 110 Å². The Morgan fingerprint density at radius 3 is 1.51 bits per heavy atom. The molecule has 0 saturated heterocycles. The standard InChI is InChI=1S/C28H53NO5.K/c1-3-5-7-8-9-10-11-12-13-14-15-16-17-18-19-20-25(30)26(21-6-4-2)34-28(33)24(29)22-23-27(31)32;/h24,26H,3-23,29H2,1-2H3,(H,31,32);/q;+1/p-1/t24-,26?;/m0./s1. The minimum atomic E-state index is -1.25. The third-order valence-corrected chi connectivity index (χ3v) is 6.43. The van der Waals surface area contributed by atoms with Crippen LogP contribution >= 0.6 is 0 Å². The van der Waals surface area contributed by atoms with Crippen molar-refractivity contribution in [2.45, 2.75) is 161 Å². The smallest absolute Gasteiger partial charge is 0.550 e. The van der Waals surface area contributed by atoms with Crippen molar-refractivity contribution in [2.75, 3.05) is 0 Å². The van der Waals surface area contributed by atoms with Crippen LogP contribution in [0, 0.1) is 0 Å². The van der Waals surface area contributed by atoms with E-state index in [4.69, 9.17) is 10.5 Å². The van der Waals surface area contributed by atoms with Crippen molar-refractivity contribution >= 4 is 17.7 Å². The number of ketones is 1. The molecule has 0 spiro atoms. The zero-order valence-corrected chi connectivity index (χ0v) is 26.2. The number of rotatable bonds is 25. The molecule has 0 aromatic carbocycles. The molecule has 0 aromatic heterocycles. The number of nitrogens with two attached hydrogens (primary N) is 1. The minimum absolute atomic E-state index is 0. The van der Waals surface area contributed by atoms with E-state index in [2.05, 4.69) is 6.92 Å². The predicted molar refractivity (Wildman–Crippen MR) is 136 cm³/mol. The van der Waals surface area contributed by atoms with Gasteiger partial charge in [0.25, 0.3) is 0 Å². The Morgan fingerprint density at radius 1 is 0.657 bits per heavy atom. The summed E-state index contributed by atoms with van der Waals surface area (Å²) in [5.74, 6) is -2.01. The molecule has 35 heavy (non-hydrogen) atoms. The van der Waals surface area contributed by atoms with Gasteiger partial charge in [-0.05, 0) is 32.1 Å². The van der Waals surface area contributed by atoms with E-state index in [-0.39, 0.29) is 70.0 Å². The first-order valence-electron chi connectivity index (χ1n) is 14.1. The van der Waals surface area contributed by atoms with Crippen LogP contribution in [0.3, 0.4) is 0 Å². The fourth-order valence-corrected chi connectivity index (χ4v) is 4.13. The number of carbonyl (C=O) groups excluding carboxylic acids is 3. The number of carboxylic acid groups (broad SMARTS) is 1. The van der Waals surface area contributed by atoms with Gasteiger partial charge in [-0.15, -0.1) is 0 Å². The SMILES string of the molecule is CCCCCCCCCCCCCCCCCC(=O)C(CCCC)OC(=O)[C@@H](N)CCC(=O)[O-].[K+]. The Bertz CT molecular complexity index is 529. The van der Waals surface area contributed by atoms with Crippen LogP contribution in [0.15, 0.2) is 0 Å². The molecule has 7 heteroatoms. The van der Waals surface area contributed by atoms with E-state index in [1.54, 1.807) is 0 Å². The zero-order chi connectivity index (χ0) is 25.4. The predicted octanol–water partition coefficient (Wildman–Crippen LogP) is 2.78. The molecule has 2 N–H and O–H groups in total. The largest absolute Gasteiger partial charge is 1.00 e. The van der Waals surface area contributed by atoms with Crippen LogP contribution in [0.2, 0.25) is 0 Å². The monoisotopic (exact) mass is 521 g/mol. The molecular weight excluding hydrogens is 469 g/mol. The van der Waals surface area contributed by atoms with Gasteiger partial charge in [0.1, 0.15) is 6.04 Å². The number of carbonyl (C=O) groups is 3. The molecule has 0 radical (unpaired) electrons. The Balaban J connectivity index is 0. The third-order valence-electron chi connectivity index (χ3n) is 6.43. The first kappa shape index (κ1) is 37.4. The normalized spacial score (nSPS) is 12.5. The molecule has 0 rings (SSSR count). The average Bonchev–Trinajstić information content (AvgIpc) is 2.82. The topological polar surface area (TPSA) is 110 Å². The fraction of sp³-hybridized carbons (Fsp3) is 0.893. The molecule has 0 aliphatic carbocycles. The second-order valence-corrected chi connectivity index (χ2v) is 9.75. The number of ether oxygens (including phenoxy) is 1. The van der Waals surface area contributed by atoms with Crippen LogP contribution in [0.1, 0.15) is 149 Å². The van der Waals surface area contributed by atoms with Gasteiger partial charge < -0.3 is 20.4 Å². The molecule has 1 unspecified atom stereocenters. The minimum Gasteiger partial charge on any atom is -0.550 e. The van der Waals surface area contributed by atoms with Gasteiger partial charge in [-0.25, -0.2) is 0 Å². The maximum absolute atomic E-state index is 12.6. The Hall–Kier alpha value is 0.206. The van der Waals surface area contributed by atoms with Crippen LogP contribution in [0.5, 0.6) is 0 Å². The molecule has 0 saturated carbocycles. The van der Waals surface area contributed by atoms with Gasteiger partial charge in [0, 0.05) is 12.4 Å². The summed E-state index contributed by atoms with van der Waals surface area (Å²) in [5.41, 5.74) is 5.70. The van der Waals surface area contributed by atoms with Crippen molar-refractivity contribution in [2.24, 2.45) is 5.73 Å². The van der Waals surface area contributed by atoms with E-state index in [0.29, 0.717) is 12.8 Å². The van der Waals surface area contributed by atoms with Gasteiger partial charge in [0.05, 0.1) is 0 Å². The van der Waals surface area contributed by atoms with E-state index in [1.165, 1.54) is 77.0 Å². The first-order chi connectivity index (χ1) is 16.4. The maximum Gasteiger partial charge on any atom is 1.00 e. The van der Waals surface area contributed by atoms with E-state index in [1.807, 2.05) is 6.92 Å². The molecule has 0 aliphatic rings. The number of esters is 1. The van der Waals surface area contributed by atoms with Crippen LogP contribution < -0.4 is 62.2 Å². The van der Waals surface area contributed by atoms with Crippen molar-refractivity contribution < 1.29 is 75.6 Å². The quantitative estimate of drug-likeness (QED) is 0.112. The van der Waals surface area contributed by atoms with Crippen LogP contribution in [-0.4, -0.2) is 29.9 Å². The zero-order valence-electron chi connectivity index (χ0n) is 23.1. The van der Waals surface area contributed by atoms with E-state index in [0.717, 1.165) is 32.1 Å². The first-order valence-corrected chi connectivity index (χ1v) is 14.1. The number of Topliss-reactive ketones (excluding diaryl/α,β-unsaturated/α-hetero) is 1. The van der Waals surface area contributed by atoms with Gasteiger partial charge in [-0.2, -0.15) is 0 Å². The summed E-state index contributed by atoms with van der Waals surface area (Å²) in [6.45, 7) is 4.28. The molecule has 0 amide bonds. The number of hydrogen-bond acceptors (Lipinski definition) is 6. The average molecular weight is 522 g/mol. The number of unbranched alkanes of at least 4 members (excludes halogenated alkanes) is 15. The van der Waals surface area contributed by atoms with E-state index in [9.17, 15) is 19.5 Å². The number of hydrogen-bond donors (Lipinski definition) is 1. The summed E-state index contributed by atoms with van der Waals surface area (Å²) >= 11 is 0. The van der Waals surface area contributed by atoms with Crippen LogP contribution in [0.4, 0.5) is 0 Å². The Labute approximate surface area is 257 Å². The second kappa shape index (κ2) is 27.2. The molecule has 2 atom stereocenters. The maximum atomic E-state index is 12.6. The molecule has 0 aliphatic heterocycles.